The van der Waals surface area contributed by atoms with Crippen LogP contribution in [0.3, 0.4) is 0 Å². The van der Waals surface area contributed by atoms with Gasteiger partial charge in [0.15, 0.2) is 11.5 Å². The maximum Gasteiger partial charge on any atom is 0.387 e. The molecule has 0 aliphatic carbocycles. The highest BCUT2D eigenvalue weighted by molar-refractivity contribution is 7.99. The normalized spacial score (nSPS) is 11.3. The molecule has 0 bridgehead atoms. The molecule has 0 atom stereocenters. The summed E-state index contributed by atoms with van der Waals surface area (Å²) in [7, 11) is 2.46. The van der Waals surface area contributed by atoms with Crippen LogP contribution in [0.15, 0.2) is 46.9 Å². The molecule has 1 amide bonds. The molecule has 2 aromatic rings. The van der Waals surface area contributed by atoms with E-state index in [1.54, 1.807) is 6.07 Å². The minimum absolute atomic E-state index is 0.0873. The quantitative estimate of drug-likeness (QED) is 0.243. The molecule has 0 aliphatic heterocycles. The van der Waals surface area contributed by atoms with Gasteiger partial charge in [0.05, 0.1) is 14.2 Å². The zero-order valence-electron chi connectivity index (χ0n) is 16.2. The summed E-state index contributed by atoms with van der Waals surface area (Å²) in [4.78, 5) is 12.7. The lowest BCUT2D eigenvalue weighted by Crippen LogP contribution is -2.13. The van der Waals surface area contributed by atoms with Crippen LogP contribution >= 0.6 is 11.8 Å². The fraction of sp³-hybridized carbons (Fsp3) is 0.200. The lowest BCUT2D eigenvalue weighted by Gasteiger charge is -2.14. The topological polar surface area (TPSA) is 80.6 Å². The highest BCUT2D eigenvalue weighted by atomic mass is 32.2. The molecule has 0 aromatic heterocycles. The average molecular weight is 456 g/mol. The molecule has 0 radical (unpaired) electrons. The van der Waals surface area contributed by atoms with E-state index in [0.717, 1.165) is 0 Å². The maximum atomic E-state index is 12.6. The molecule has 2 rings (SSSR count). The Labute approximate surface area is 179 Å². The number of carbonyl (C=O) groups is 1. The molecule has 0 saturated heterocycles. The minimum Gasteiger partial charge on any atom is -0.493 e. The van der Waals surface area contributed by atoms with E-state index in [-0.39, 0.29) is 28.4 Å². The molecule has 0 heterocycles. The number of ether oxygens (including phenoxy) is 3. The number of benzene rings is 2. The summed E-state index contributed by atoms with van der Waals surface area (Å²) < 4.78 is 64.5. The van der Waals surface area contributed by atoms with E-state index in [1.807, 2.05) is 0 Å². The number of thioether (sulfide) groups is 1. The number of nitriles is 1. The number of hydrogen-bond acceptors (Lipinski definition) is 6. The fourth-order valence-electron chi connectivity index (χ4n) is 2.42. The minimum atomic E-state index is -3.12. The molecule has 0 aliphatic rings. The number of halogens is 4. The summed E-state index contributed by atoms with van der Waals surface area (Å²) in [5.41, 5.74) is 0.240. The zero-order valence-corrected chi connectivity index (χ0v) is 17.0. The van der Waals surface area contributed by atoms with Gasteiger partial charge in [-0.15, -0.1) is 0 Å². The van der Waals surface area contributed by atoms with Crippen molar-refractivity contribution in [1.82, 2.24) is 0 Å². The number of amides is 1. The van der Waals surface area contributed by atoms with Gasteiger partial charge in [-0.05, 0) is 48.0 Å². The van der Waals surface area contributed by atoms with Gasteiger partial charge in [-0.2, -0.15) is 22.8 Å². The summed E-state index contributed by atoms with van der Waals surface area (Å²) in [6, 6.07) is 9.97. The first kappa shape index (κ1) is 23.9. The van der Waals surface area contributed by atoms with Gasteiger partial charge >= 0.3 is 6.61 Å². The van der Waals surface area contributed by atoms with Crippen LogP contribution in [0.2, 0.25) is 0 Å². The molecule has 31 heavy (non-hydrogen) atoms. The van der Waals surface area contributed by atoms with Gasteiger partial charge in [-0.3, -0.25) is 4.79 Å². The molecule has 1 N–H and O–H groups in total. The van der Waals surface area contributed by atoms with Gasteiger partial charge in [0.2, 0.25) is 5.75 Å². The van der Waals surface area contributed by atoms with Crippen molar-refractivity contribution in [2.45, 2.75) is 17.3 Å². The van der Waals surface area contributed by atoms with E-state index in [9.17, 15) is 27.6 Å². The van der Waals surface area contributed by atoms with Crippen LogP contribution < -0.4 is 19.5 Å². The van der Waals surface area contributed by atoms with E-state index in [4.69, 9.17) is 9.47 Å². The van der Waals surface area contributed by atoms with Crippen molar-refractivity contribution >= 4 is 29.4 Å². The highest BCUT2D eigenvalue weighted by Crippen LogP contribution is 2.40. The summed E-state index contributed by atoms with van der Waals surface area (Å²) in [6.07, 6.45) is 1.20. The van der Waals surface area contributed by atoms with E-state index in [0.29, 0.717) is 22.3 Å². The predicted molar refractivity (Wildman–Crippen MR) is 107 cm³/mol. The van der Waals surface area contributed by atoms with Crippen LogP contribution in [0.1, 0.15) is 5.56 Å². The van der Waals surface area contributed by atoms with Crippen molar-refractivity contribution in [1.29, 1.82) is 5.26 Å². The van der Waals surface area contributed by atoms with Crippen molar-refractivity contribution in [3.8, 4) is 23.3 Å². The number of nitrogens with zero attached hydrogens (tertiary/aromatic N) is 1. The van der Waals surface area contributed by atoms with E-state index >= 15 is 0 Å². The standard InChI is InChI=1S/C20H16F4N2O4S/c1-28-15-8-11(9-16(29-2)17(15)30-19(21)22)7-12(10-25)18(27)26-13-3-5-14(6-4-13)31-20(23)24/h3-9,19-20H,1-2H3,(H,26,27)/b12-7+. The Balaban J connectivity index is 2.27. The first-order valence-electron chi connectivity index (χ1n) is 8.46. The number of alkyl halides is 4. The summed E-state index contributed by atoms with van der Waals surface area (Å²) in [6.45, 7) is -3.12. The Bertz CT molecular complexity index is 967. The molecule has 0 saturated carbocycles. The Kier molecular flexibility index (Phi) is 8.57. The Hall–Kier alpha value is -3.39. The monoisotopic (exact) mass is 456 g/mol. The third kappa shape index (κ3) is 6.82. The molecular formula is C20H16F4N2O4S. The van der Waals surface area contributed by atoms with Gasteiger partial charge in [-0.25, -0.2) is 0 Å². The second-order valence-corrected chi connectivity index (χ2v) is 6.72. The third-order valence-corrected chi connectivity index (χ3v) is 4.43. The van der Waals surface area contributed by atoms with E-state index in [1.165, 1.54) is 56.7 Å². The Morgan fingerprint density at radius 3 is 2.13 bits per heavy atom. The molecule has 0 spiro atoms. The fourth-order valence-corrected chi connectivity index (χ4v) is 2.92. The van der Waals surface area contributed by atoms with E-state index < -0.39 is 18.3 Å². The maximum absolute atomic E-state index is 12.6. The largest absolute Gasteiger partial charge is 0.493 e. The first-order chi connectivity index (χ1) is 14.8. The van der Waals surface area contributed by atoms with Crippen molar-refractivity contribution in [3.05, 3.63) is 47.5 Å². The molecule has 2 aromatic carbocycles. The van der Waals surface area contributed by atoms with Crippen LogP contribution in [0.4, 0.5) is 23.2 Å². The number of methoxy groups -OCH3 is 2. The van der Waals surface area contributed by atoms with Crippen molar-refractivity contribution in [2.75, 3.05) is 19.5 Å². The lowest BCUT2D eigenvalue weighted by molar-refractivity contribution is -0.112. The van der Waals surface area contributed by atoms with Crippen LogP contribution in [0, 0.1) is 11.3 Å². The van der Waals surface area contributed by atoms with Crippen molar-refractivity contribution < 1.29 is 36.6 Å². The molecule has 0 fully saturated rings. The summed E-state index contributed by atoms with van der Waals surface area (Å²) in [5, 5.41) is 11.8. The number of carbonyl (C=O) groups excluding carboxylic acids is 1. The van der Waals surface area contributed by atoms with Gasteiger partial charge in [0.1, 0.15) is 11.6 Å². The van der Waals surface area contributed by atoms with Crippen molar-refractivity contribution in [2.24, 2.45) is 0 Å². The second-order valence-electron chi connectivity index (χ2n) is 5.66. The molecule has 164 valence electrons. The second kappa shape index (κ2) is 11.1. The number of hydrogen-bond donors (Lipinski definition) is 1. The van der Waals surface area contributed by atoms with Gasteiger partial charge in [0.25, 0.3) is 11.7 Å². The molecule has 0 unspecified atom stereocenters. The summed E-state index contributed by atoms with van der Waals surface area (Å²) >= 11 is 0.360. The Morgan fingerprint density at radius 2 is 1.68 bits per heavy atom. The number of nitrogens with one attached hydrogen (secondary N) is 1. The molecule has 11 heteroatoms. The lowest BCUT2D eigenvalue weighted by atomic mass is 10.1. The number of rotatable bonds is 9. The highest BCUT2D eigenvalue weighted by Gasteiger charge is 2.19. The third-order valence-electron chi connectivity index (χ3n) is 3.70. The van der Waals surface area contributed by atoms with Crippen LogP contribution in [0.25, 0.3) is 6.08 Å². The zero-order chi connectivity index (χ0) is 23.0. The van der Waals surface area contributed by atoms with E-state index in [2.05, 4.69) is 10.1 Å². The van der Waals surface area contributed by atoms with Gasteiger partial charge in [-0.1, -0.05) is 11.8 Å². The first-order valence-corrected chi connectivity index (χ1v) is 9.34. The van der Waals surface area contributed by atoms with Gasteiger partial charge in [0, 0.05) is 10.6 Å². The number of anilines is 1. The predicted octanol–water partition coefficient (Wildman–Crippen LogP) is 5.17. The van der Waals surface area contributed by atoms with Crippen molar-refractivity contribution in [3.63, 3.8) is 0 Å². The van der Waals surface area contributed by atoms with Crippen LogP contribution in [-0.2, 0) is 4.79 Å². The SMILES string of the molecule is COc1cc(/C=C(\C#N)C(=O)Nc2ccc(SC(F)F)cc2)cc(OC)c1OC(F)F. The summed E-state index contributed by atoms with van der Waals surface area (Å²) in [5.74, 6) is -3.84. The van der Waals surface area contributed by atoms with Crippen LogP contribution in [0.5, 0.6) is 17.2 Å². The smallest absolute Gasteiger partial charge is 0.387 e. The Morgan fingerprint density at radius 1 is 1.10 bits per heavy atom. The average Bonchev–Trinajstić information content (AvgIpc) is 2.73. The molecule has 6 nitrogen and oxygen atoms in total. The van der Waals surface area contributed by atoms with Gasteiger partial charge < -0.3 is 19.5 Å². The van der Waals surface area contributed by atoms with Crippen LogP contribution in [-0.4, -0.2) is 32.5 Å². The molecular weight excluding hydrogens is 440 g/mol.